The summed E-state index contributed by atoms with van der Waals surface area (Å²) >= 11 is 11.7. The molecule has 0 spiro atoms. The zero-order chi connectivity index (χ0) is 21.6. The Kier molecular flexibility index (Phi) is 5.84. The minimum atomic E-state index is -5.15. The molecule has 0 fully saturated rings. The van der Waals surface area contributed by atoms with E-state index in [0.717, 1.165) is 0 Å². The van der Waals surface area contributed by atoms with Gasteiger partial charge in [-0.25, -0.2) is 9.97 Å². The van der Waals surface area contributed by atoms with E-state index in [2.05, 4.69) is 15.3 Å². The number of fused-ring (bicyclic) bond motifs is 1. The van der Waals surface area contributed by atoms with Crippen molar-refractivity contribution >= 4 is 71.9 Å². The van der Waals surface area contributed by atoms with E-state index in [1.807, 2.05) is 0 Å². The van der Waals surface area contributed by atoms with Crippen LogP contribution in [0.1, 0.15) is 10.4 Å². The van der Waals surface area contributed by atoms with E-state index in [9.17, 15) is 33.5 Å². The molecule has 0 radical (unpaired) electrons. The summed E-state index contributed by atoms with van der Waals surface area (Å²) in [4.78, 5) is 57.1. The zero-order valence-electron chi connectivity index (χ0n) is 14.0. The number of nitrogens with zero attached hydrogens (tertiary/aromatic N) is 2. The molecule has 3 rings (SSSR count). The van der Waals surface area contributed by atoms with Gasteiger partial charge in [-0.15, -0.1) is 0 Å². The number of carbonyl (C=O) groups excluding carboxylic acids is 1. The van der Waals surface area contributed by atoms with Gasteiger partial charge in [-0.05, 0) is 36.4 Å². The summed E-state index contributed by atoms with van der Waals surface area (Å²) in [6, 6.07) is 8.17. The molecule has 0 unspecified atom stereocenters. The largest absolute Gasteiger partial charge is 0.377 e. The van der Waals surface area contributed by atoms with E-state index in [4.69, 9.17) is 23.2 Å². The molecule has 152 valence electrons. The molecule has 0 saturated heterocycles. The van der Waals surface area contributed by atoms with Gasteiger partial charge in [-0.2, -0.15) is 0 Å². The van der Waals surface area contributed by atoms with Gasteiger partial charge in [0.25, 0.3) is 5.91 Å². The number of rotatable bonds is 4. The smallest absolute Gasteiger partial charge is 0.322 e. The van der Waals surface area contributed by atoms with Gasteiger partial charge < -0.3 is 24.9 Å². The molecule has 14 heteroatoms. The predicted octanol–water partition coefficient (Wildman–Crippen LogP) is 1.79. The highest BCUT2D eigenvalue weighted by molar-refractivity contribution is 7.66. The Morgan fingerprint density at radius 3 is 1.97 bits per heavy atom. The van der Waals surface area contributed by atoms with Gasteiger partial charge in [-0.3, -0.25) is 13.9 Å². The summed E-state index contributed by atoms with van der Waals surface area (Å²) in [5.74, 6) is -0.594. The summed E-state index contributed by atoms with van der Waals surface area (Å²) in [5, 5.41) is 3.09. The lowest BCUT2D eigenvalue weighted by Gasteiger charge is -2.12. The Morgan fingerprint density at radius 1 is 0.828 bits per heavy atom. The van der Waals surface area contributed by atoms with E-state index in [1.165, 1.54) is 36.4 Å². The van der Waals surface area contributed by atoms with Crippen LogP contribution in [0.4, 0.5) is 5.69 Å². The summed E-state index contributed by atoms with van der Waals surface area (Å²) in [7, 11) is -10.3. The second kappa shape index (κ2) is 7.75. The first kappa shape index (κ1) is 21.8. The number of nitrogens with one attached hydrogen (secondary N) is 1. The summed E-state index contributed by atoms with van der Waals surface area (Å²) in [5.41, 5.74) is -2.07. The molecule has 0 aliphatic rings. The molecule has 2 aromatic carbocycles. The number of anilines is 1. The van der Waals surface area contributed by atoms with Gasteiger partial charge in [0.15, 0.2) is 10.9 Å². The number of halogens is 2. The number of hydrogen-bond acceptors (Lipinski definition) is 5. The summed E-state index contributed by atoms with van der Waals surface area (Å²) in [6.45, 7) is 0. The number of amides is 1. The molecule has 10 nitrogen and oxygen atoms in total. The molecule has 1 aromatic heterocycles. The van der Waals surface area contributed by atoms with E-state index in [-0.39, 0.29) is 21.6 Å². The maximum atomic E-state index is 12.4. The average Bonchev–Trinajstić information content (AvgIpc) is 2.61. The minimum absolute atomic E-state index is 0.0541. The van der Waals surface area contributed by atoms with Crippen LogP contribution in [0.2, 0.25) is 10.0 Å². The Hall–Kier alpha value is -1.87. The lowest BCUT2D eigenvalue weighted by atomic mass is 10.1. The molecule has 1 amide bonds. The van der Waals surface area contributed by atoms with Crippen LogP contribution in [0.15, 0.2) is 36.4 Å². The van der Waals surface area contributed by atoms with Gasteiger partial charge in [0.2, 0.25) is 0 Å². The van der Waals surface area contributed by atoms with Gasteiger partial charge in [0.1, 0.15) is 0 Å². The van der Waals surface area contributed by atoms with Crippen molar-refractivity contribution in [2.45, 2.75) is 0 Å². The van der Waals surface area contributed by atoms with Crippen LogP contribution in [0, 0.1) is 0 Å². The van der Waals surface area contributed by atoms with Crippen molar-refractivity contribution < 1.29 is 33.5 Å². The van der Waals surface area contributed by atoms with Gasteiger partial charge >= 0.3 is 15.2 Å². The third-order valence-electron chi connectivity index (χ3n) is 3.62. The second-order valence-electron chi connectivity index (χ2n) is 5.75. The van der Waals surface area contributed by atoms with Gasteiger partial charge in [0.05, 0.1) is 21.1 Å². The molecule has 0 aliphatic carbocycles. The molecular weight excluding hydrogens is 467 g/mol. The lowest BCUT2D eigenvalue weighted by Crippen LogP contribution is -2.31. The predicted molar refractivity (Wildman–Crippen MR) is 107 cm³/mol. The van der Waals surface area contributed by atoms with Crippen molar-refractivity contribution in [2.24, 2.45) is 0 Å². The monoisotopic (exact) mass is 477 g/mol. The molecule has 0 bridgehead atoms. The average molecular weight is 478 g/mol. The van der Waals surface area contributed by atoms with Gasteiger partial charge in [0, 0.05) is 11.3 Å². The quantitative estimate of drug-likeness (QED) is 0.351. The molecule has 29 heavy (non-hydrogen) atoms. The van der Waals surface area contributed by atoms with Crippen LogP contribution in [0.5, 0.6) is 0 Å². The van der Waals surface area contributed by atoms with E-state index in [0.29, 0.717) is 10.7 Å². The second-order valence-corrected chi connectivity index (χ2v) is 9.58. The maximum absolute atomic E-state index is 12.4. The van der Waals surface area contributed by atoms with E-state index < -0.39 is 32.0 Å². The highest BCUT2D eigenvalue weighted by atomic mass is 35.5. The molecule has 0 aliphatic heterocycles. The van der Waals surface area contributed by atoms with Crippen LogP contribution in [0.3, 0.4) is 0 Å². The number of benzene rings is 2. The first-order valence-electron chi connectivity index (χ1n) is 7.56. The summed E-state index contributed by atoms with van der Waals surface area (Å²) < 4.78 is 23.1. The van der Waals surface area contributed by atoms with Crippen molar-refractivity contribution in [3.8, 4) is 0 Å². The standard InChI is InChI=1S/C15H11Cl2N3O7P2/c16-9-3-2-8(6-10(9)17)18-13(21)7-1-4-11-12(5-7)20-15(29(25,26)27)14(19-11)28(22,23)24/h1-6H,(H,18,21)(H2,22,23,24)(H2,25,26,27). The molecule has 0 atom stereocenters. The third-order valence-corrected chi connectivity index (χ3v) is 6.26. The highest BCUT2D eigenvalue weighted by Gasteiger charge is 2.35. The highest BCUT2D eigenvalue weighted by Crippen LogP contribution is 2.39. The van der Waals surface area contributed by atoms with Crippen molar-refractivity contribution in [1.82, 2.24) is 9.97 Å². The molecular formula is C15H11Cl2N3O7P2. The van der Waals surface area contributed by atoms with Crippen molar-refractivity contribution in [1.29, 1.82) is 0 Å². The van der Waals surface area contributed by atoms with Crippen LogP contribution >= 0.6 is 38.4 Å². The van der Waals surface area contributed by atoms with E-state index >= 15 is 0 Å². The van der Waals surface area contributed by atoms with Crippen LogP contribution in [0.25, 0.3) is 11.0 Å². The Balaban J connectivity index is 2.05. The van der Waals surface area contributed by atoms with Crippen LogP contribution < -0.4 is 16.2 Å². The fourth-order valence-electron chi connectivity index (χ4n) is 2.34. The Morgan fingerprint density at radius 2 is 1.41 bits per heavy atom. The van der Waals surface area contributed by atoms with Crippen molar-refractivity contribution in [3.63, 3.8) is 0 Å². The van der Waals surface area contributed by atoms with Crippen molar-refractivity contribution in [2.75, 3.05) is 5.32 Å². The molecule has 0 saturated carbocycles. The maximum Gasteiger partial charge on any atom is 0.377 e. The molecule has 5 N–H and O–H groups in total. The van der Waals surface area contributed by atoms with Crippen molar-refractivity contribution in [3.05, 3.63) is 52.0 Å². The molecule has 3 aromatic rings. The summed E-state index contributed by atoms with van der Waals surface area (Å²) in [6.07, 6.45) is 0. The number of aromatic nitrogens is 2. The Labute approximate surface area is 172 Å². The third kappa shape index (κ3) is 4.83. The zero-order valence-corrected chi connectivity index (χ0v) is 17.3. The topological polar surface area (TPSA) is 170 Å². The fourth-order valence-corrected chi connectivity index (χ4v) is 4.52. The number of carbonyl (C=O) groups is 1. The van der Waals surface area contributed by atoms with Gasteiger partial charge in [-0.1, -0.05) is 23.2 Å². The minimum Gasteiger partial charge on any atom is -0.322 e. The normalized spacial score (nSPS) is 12.2. The Bertz CT molecular complexity index is 1240. The van der Waals surface area contributed by atoms with Crippen LogP contribution in [-0.2, 0) is 9.13 Å². The van der Waals surface area contributed by atoms with E-state index in [1.54, 1.807) is 0 Å². The SMILES string of the molecule is O=C(Nc1ccc(Cl)c(Cl)c1)c1ccc2nc(P(=O)(O)O)c(P(=O)(O)O)nc2c1. The fraction of sp³-hybridized carbons (Fsp3) is 0. The first-order valence-corrected chi connectivity index (χ1v) is 11.5. The molecule has 1 heterocycles. The number of hydrogen-bond donors (Lipinski definition) is 5. The van der Waals surface area contributed by atoms with Crippen LogP contribution in [-0.4, -0.2) is 35.4 Å². The first-order chi connectivity index (χ1) is 13.4. The lowest BCUT2D eigenvalue weighted by molar-refractivity contribution is 0.102.